The fraction of sp³-hybridized carbons (Fsp3) is 0.389. The molecule has 4 rings (SSSR count). The van der Waals surface area contributed by atoms with Gasteiger partial charge in [0.1, 0.15) is 30.1 Å². The van der Waals surface area contributed by atoms with E-state index in [2.05, 4.69) is 15.4 Å². The molecule has 1 aliphatic heterocycles. The second kappa shape index (κ2) is 6.51. The van der Waals surface area contributed by atoms with Gasteiger partial charge in [-0.3, -0.25) is 0 Å². The Labute approximate surface area is 148 Å². The quantitative estimate of drug-likeness (QED) is 0.851. The second-order valence-corrected chi connectivity index (χ2v) is 6.61. The molecule has 0 amide bonds. The van der Waals surface area contributed by atoms with Gasteiger partial charge in [-0.1, -0.05) is 0 Å². The summed E-state index contributed by atoms with van der Waals surface area (Å²) in [6.07, 6.45) is 4.92. The van der Waals surface area contributed by atoms with Crippen LogP contribution in [0.2, 0.25) is 0 Å². The lowest BCUT2D eigenvalue weighted by atomic mass is 9.95. The standard InChI is InChI=1S/C18H18F2N4O2/c1-10-15(17(25)26-14-4-2-3-5-14)16(24-18(23-10)21-9-22-24)11-6-12(19)8-13(20)7-11/h6-9,14,16H,2-5H2,1H3,(H,21,22,23)/t16-/m0/s1. The predicted octanol–water partition coefficient (Wildman–Crippen LogP) is 3.33. The summed E-state index contributed by atoms with van der Waals surface area (Å²) in [6.45, 7) is 1.71. The summed E-state index contributed by atoms with van der Waals surface area (Å²) in [6, 6.07) is 2.37. The largest absolute Gasteiger partial charge is 0.459 e. The SMILES string of the molecule is CC1=C(C(=O)OC2CCCC2)[C@H](c2cc(F)cc(F)c2)n2ncnc2N1. The fourth-order valence-electron chi connectivity index (χ4n) is 3.62. The number of fused-ring (bicyclic) bond motifs is 1. The number of esters is 1. The predicted molar refractivity (Wildman–Crippen MR) is 89.2 cm³/mol. The Balaban J connectivity index is 1.77. The average molecular weight is 360 g/mol. The van der Waals surface area contributed by atoms with Crippen LogP contribution in [0.15, 0.2) is 35.8 Å². The Morgan fingerprint density at radius 2 is 1.92 bits per heavy atom. The lowest BCUT2D eigenvalue weighted by Crippen LogP contribution is -2.31. The number of carbonyl (C=O) groups is 1. The maximum absolute atomic E-state index is 13.8. The van der Waals surface area contributed by atoms with Crippen molar-refractivity contribution in [2.24, 2.45) is 0 Å². The van der Waals surface area contributed by atoms with Crippen LogP contribution in [0, 0.1) is 11.6 Å². The molecule has 1 N–H and O–H groups in total. The normalized spacial score (nSPS) is 20.0. The molecule has 2 aliphatic rings. The highest BCUT2D eigenvalue weighted by molar-refractivity contribution is 5.92. The summed E-state index contributed by atoms with van der Waals surface area (Å²) in [4.78, 5) is 17.0. The zero-order chi connectivity index (χ0) is 18.3. The minimum Gasteiger partial charge on any atom is -0.459 e. The first-order chi connectivity index (χ1) is 12.5. The van der Waals surface area contributed by atoms with Gasteiger partial charge in [0.25, 0.3) is 0 Å². The lowest BCUT2D eigenvalue weighted by molar-refractivity contribution is -0.144. The number of nitrogens with zero attached hydrogens (tertiary/aromatic N) is 3. The highest BCUT2D eigenvalue weighted by atomic mass is 19.1. The van der Waals surface area contributed by atoms with Gasteiger partial charge in [0, 0.05) is 11.8 Å². The molecular formula is C18H18F2N4O2. The molecule has 1 aromatic heterocycles. The lowest BCUT2D eigenvalue weighted by Gasteiger charge is -2.29. The first kappa shape index (κ1) is 16.7. The van der Waals surface area contributed by atoms with Crippen molar-refractivity contribution in [3.8, 4) is 0 Å². The molecule has 2 aromatic rings. The Hall–Kier alpha value is -2.77. The molecule has 1 aromatic carbocycles. The number of anilines is 1. The molecule has 26 heavy (non-hydrogen) atoms. The third-order valence-electron chi connectivity index (χ3n) is 4.79. The van der Waals surface area contributed by atoms with Crippen molar-refractivity contribution in [1.29, 1.82) is 0 Å². The summed E-state index contributed by atoms with van der Waals surface area (Å²) in [5.74, 6) is -1.55. The van der Waals surface area contributed by atoms with Crippen LogP contribution in [0.1, 0.15) is 44.2 Å². The van der Waals surface area contributed by atoms with Crippen LogP contribution in [0.4, 0.5) is 14.7 Å². The van der Waals surface area contributed by atoms with Crippen LogP contribution in [0.25, 0.3) is 0 Å². The first-order valence-electron chi connectivity index (χ1n) is 8.57. The molecular weight excluding hydrogens is 342 g/mol. The number of allylic oxidation sites excluding steroid dienone is 1. The monoisotopic (exact) mass is 360 g/mol. The van der Waals surface area contributed by atoms with Gasteiger partial charge >= 0.3 is 5.97 Å². The minimum absolute atomic E-state index is 0.121. The number of hydrogen-bond donors (Lipinski definition) is 1. The molecule has 1 saturated carbocycles. The van der Waals surface area contributed by atoms with Gasteiger partial charge in [0.05, 0.1) is 5.57 Å². The summed E-state index contributed by atoms with van der Waals surface area (Å²) in [5.41, 5.74) is 1.08. The number of carbonyl (C=O) groups excluding carboxylic acids is 1. The Morgan fingerprint density at radius 1 is 1.23 bits per heavy atom. The van der Waals surface area contributed by atoms with Crippen LogP contribution < -0.4 is 5.32 Å². The van der Waals surface area contributed by atoms with Gasteiger partial charge in [0.15, 0.2) is 0 Å². The molecule has 0 saturated heterocycles. The molecule has 0 radical (unpaired) electrons. The van der Waals surface area contributed by atoms with E-state index in [9.17, 15) is 13.6 Å². The molecule has 6 nitrogen and oxygen atoms in total. The van der Waals surface area contributed by atoms with E-state index in [1.165, 1.54) is 23.1 Å². The minimum atomic E-state index is -0.812. The van der Waals surface area contributed by atoms with Crippen molar-refractivity contribution < 1.29 is 18.3 Å². The van der Waals surface area contributed by atoms with E-state index >= 15 is 0 Å². The number of halogens is 2. The Kier molecular flexibility index (Phi) is 4.18. The Bertz CT molecular complexity index is 867. The van der Waals surface area contributed by atoms with Gasteiger partial charge in [-0.25, -0.2) is 18.3 Å². The molecule has 0 bridgehead atoms. The number of ether oxygens (including phenoxy) is 1. The fourth-order valence-corrected chi connectivity index (χ4v) is 3.62. The number of benzene rings is 1. The van der Waals surface area contributed by atoms with Crippen molar-refractivity contribution in [1.82, 2.24) is 14.8 Å². The van der Waals surface area contributed by atoms with Gasteiger partial charge < -0.3 is 10.1 Å². The zero-order valence-electron chi connectivity index (χ0n) is 14.2. The summed E-state index contributed by atoms with van der Waals surface area (Å²) >= 11 is 0. The molecule has 1 aliphatic carbocycles. The maximum atomic E-state index is 13.8. The van der Waals surface area contributed by atoms with Crippen LogP contribution in [0.5, 0.6) is 0 Å². The van der Waals surface area contributed by atoms with E-state index in [1.54, 1.807) is 6.92 Å². The number of aromatic nitrogens is 3. The topological polar surface area (TPSA) is 69.0 Å². The molecule has 0 spiro atoms. The van der Waals surface area contributed by atoms with Gasteiger partial charge in [0.2, 0.25) is 5.95 Å². The smallest absolute Gasteiger partial charge is 0.338 e. The number of hydrogen-bond acceptors (Lipinski definition) is 5. The van der Waals surface area contributed by atoms with Crippen LogP contribution in [0.3, 0.4) is 0 Å². The van der Waals surface area contributed by atoms with Crippen LogP contribution in [-0.4, -0.2) is 26.8 Å². The zero-order valence-corrected chi connectivity index (χ0v) is 14.2. The van der Waals surface area contributed by atoms with Gasteiger partial charge in [-0.15, -0.1) is 0 Å². The van der Waals surface area contributed by atoms with Crippen molar-refractivity contribution in [3.63, 3.8) is 0 Å². The van der Waals surface area contributed by atoms with E-state index in [4.69, 9.17) is 4.74 Å². The van der Waals surface area contributed by atoms with E-state index in [-0.39, 0.29) is 17.2 Å². The third-order valence-corrected chi connectivity index (χ3v) is 4.79. The molecule has 0 unspecified atom stereocenters. The number of nitrogens with one attached hydrogen (secondary N) is 1. The molecule has 136 valence electrons. The van der Waals surface area contributed by atoms with Gasteiger partial charge in [-0.2, -0.15) is 10.1 Å². The number of rotatable bonds is 3. The highest BCUT2D eigenvalue weighted by Crippen LogP contribution is 2.36. The molecule has 1 fully saturated rings. The van der Waals surface area contributed by atoms with Crippen molar-refractivity contribution in [3.05, 3.63) is 53.0 Å². The van der Waals surface area contributed by atoms with E-state index in [0.717, 1.165) is 31.7 Å². The average Bonchev–Trinajstić information content (AvgIpc) is 3.23. The summed E-state index contributed by atoms with van der Waals surface area (Å²) in [7, 11) is 0. The van der Waals surface area contributed by atoms with Crippen molar-refractivity contribution in [2.45, 2.75) is 44.8 Å². The van der Waals surface area contributed by atoms with E-state index < -0.39 is 23.6 Å². The van der Waals surface area contributed by atoms with Crippen molar-refractivity contribution in [2.75, 3.05) is 5.32 Å². The third kappa shape index (κ3) is 2.95. The maximum Gasteiger partial charge on any atom is 0.338 e. The summed E-state index contributed by atoms with van der Waals surface area (Å²) in [5, 5.41) is 7.13. The Morgan fingerprint density at radius 3 is 2.62 bits per heavy atom. The first-order valence-corrected chi connectivity index (χ1v) is 8.57. The molecule has 8 heteroatoms. The van der Waals surface area contributed by atoms with Crippen molar-refractivity contribution >= 4 is 11.9 Å². The van der Waals surface area contributed by atoms with Crippen LogP contribution >= 0.6 is 0 Å². The second-order valence-electron chi connectivity index (χ2n) is 6.61. The summed E-state index contributed by atoms with van der Waals surface area (Å²) < 4.78 is 34.7. The highest BCUT2D eigenvalue weighted by Gasteiger charge is 2.36. The van der Waals surface area contributed by atoms with E-state index in [1.807, 2.05) is 0 Å². The van der Waals surface area contributed by atoms with Crippen LogP contribution in [-0.2, 0) is 9.53 Å². The van der Waals surface area contributed by atoms with E-state index in [0.29, 0.717) is 11.6 Å². The molecule has 1 atom stereocenters. The van der Waals surface area contributed by atoms with Gasteiger partial charge in [-0.05, 0) is 50.3 Å². The molecule has 2 heterocycles.